The Hall–Kier alpha value is -4.12. The maximum atomic E-state index is 14.0. The minimum absolute atomic E-state index is 0.183. The van der Waals surface area contributed by atoms with Crippen LogP contribution in [-0.4, -0.2) is 51.4 Å². The number of unbranched alkanes of at least 4 members (excludes halogenated alkanes) is 1. The summed E-state index contributed by atoms with van der Waals surface area (Å²) < 4.78 is 0. The molecule has 0 bridgehead atoms. The molecule has 0 aromatic heterocycles. The van der Waals surface area contributed by atoms with Gasteiger partial charge in [0.05, 0.1) is 0 Å². The van der Waals surface area contributed by atoms with Crippen LogP contribution in [0.3, 0.4) is 0 Å². The monoisotopic (exact) mass is 547 g/mol. The normalized spacial score (nSPS) is 13.6. The summed E-state index contributed by atoms with van der Waals surface area (Å²) in [7, 11) is 8.12. The van der Waals surface area contributed by atoms with Crippen molar-refractivity contribution < 1.29 is 9.59 Å². The summed E-state index contributed by atoms with van der Waals surface area (Å²) in [5, 5.41) is 1.72. The molecule has 1 atom stereocenters. The molecule has 2 amide bonds. The Kier molecular flexibility index (Phi) is 8.16. The molecule has 4 aromatic rings. The highest BCUT2D eigenvalue weighted by Gasteiger charge is 2.35. The van der Waals surface area contributed by atoms with Gasteiger partial charge < -0.3 is 9.80 Å². The van der Waals surface area contributed by atoms with Crippen LogP contribution in [0.5, 0.6) is 0 Å². The van der Waals surface area contributed by atoms with E-state index in [1.54, 1.807) is 0 Å². The number of carbonyl (C=O) groups excluding carboxylic acids is 2. The van der Waals surface area contributed by atoms with Gasteiger partial charge in [0.25, 0.3) is 11.8 Å². The molecule has 0 spiro atoms. The van der Waals surface area contributed by atoms with Crippen LogP contribution in [0.25, 0.3) is 33.0 Å². The highest BCUT2D eigenvalue weighted by Crippen LogP contribution is 2.43. The molecular weight excluding hydrogens is 506 g/mol. The first kappa shape index (κ1) is 28.4. The second-order valence-electron chi connectivity index (χ2n) is 11.6. The van der Waals surface area contributed by atoms with Crippen LogP contribution in [-0.2, 0) is 0 Å². The van der Waals surface area contributed by atoms with E-state index in [0.29, 0.717) is 23.6 Å². The van der Waals surface area contributed by atoms with E-state index in [1.807, 2.05) is 40.3 Å². The first-order valence-electron chi connectivity index (χ1n) is 14.8. The molecule has 41 heavy (non-hydrogen) atoms. The lowest BCUT2D eigenvalue weighted by atomic mass is 9.84. The smallest absolute Gasteiger partial charge is 0.261 e. The molecule has 1 unspecified atom stereocenters. The summed E-state index contributed by atoms with van der Waals surface area (Å²) in [6.07, 6.45) is 4.18. The summed E-state index contributed by atoms with van der Waals surface area (Å²) in [5.74, 6) is -0.0574. The standard InChI is InChI=1S/C36H41N3O2/c1-7-9-10-24(8-2)23-39-35(40)31-21-19-29(25-11-15-27(16-12-25)37(3)4)33-30(20-22-32(34(31)33)36(39)41)26-13-17-28(18-14-26)38(5)6/h11-22,24H,7-10,23H2,1-6H3. The van der Waals surface area contributed by atoms with Crippen LogP contribution in [0.4, 0.5) is 11.4 Å². The van der Waals surface area contributed by atoms with E-state index in [0.717, 1.165) is 70.1 Å². The molecule has 0 fully saturated rings. The number of imide groups is 1. The lowest BCUT2D eigenvalue weighted by Crippen LogP contribution is -2.43. The zero-order chi connectivity index (χ0) is 29.3. The Balaban J connectivity index is 1.70. The molecule has 5 nitrogen and oxygen atoms in total. The highest BCUT2D eigenvalue weighted by atomic mass is 16.2. The zero-order valence-electron chi connectivity index (χ0n) is 25.2. The predicted octanol–water partition coefficient (Wildman–Crippen LogP) is 8.12. The topological polar surface area (TPSA) is 43.9 Å². The molecule has 5 heteroatoms. The second kappa shape index (κ2) is 11.8. The van der Waals surface area contributed by atoms with E-state index in [2.05, 4.69) is 84.3 Å². The molecule has 1 heterocycles. The van der Waals surface area contributed by atoms with Crippen molar-refractivity contribution in [1.82, 2.24) is 4.90 Å². The number of rotatable bonds is 10. The van der Waals surface area contributed by atoms with Crippen LogP contribution in [0.2, 0.25) is 0 Å². The SMILES string of the molecule is CCCCC(CC)CN1C(=O)c2ccc(-c3ccc(N(C)C)cc3)c3c(-c4ccc(N(C)C)cc4)ccc(c23)C1=O. The second-order valence-corrected chi connectivity index (χ2v) is 11.6. The molecule has 0 saturated heterocycles. The van der Waals surface area contributed by atoms with Crippen molar-refractivity contribution in [3.8, 4) is 22.3 Å². The Morgan fingerprint density at radius 1 is 0.610 bits per heavy atom. The maximum absolute atomic E-state index is 14.0. The first-order valence-corrected chi connectivity index (χ1v) is 14.8. The summed E-state index contributed by atoms with van der Waals surface area (Å²) in [6.45, 7) is 4.80. The lowest BCUT2D eigenvalue weighted by Gasteiger charge is -2.31. The number of amides is 2. The van der Waals surface area contributed by atoms with Gasteiger partial charge in [-0.2, -0.15) is 0 Å². The number of hydrogen-bond donors (Lipinski definition) is 0. The van der Waals surface area contributed by atoms with Crippen molar-refractivity contribution in [3.63, 3.8) is 0 Å². The summed E-state index contributed by atoms with van der Waals surface area (Å²) in [5.41, 5.74) is 7.60. The molecule has 212 valence electrons. The molecular formula is C36H41N3O2. The average molecular weight is 548 g/mol. The summed E-state index contributed by atoms with van der Waals surface area (Å²) in [6, 6.07) is 24.9. The maximum Gasteiger partial charge on any atom is 0.261 e. The number of hydrogen-bond acceptors (Lipinski definition) is 4. The van der Waals surface area contributed by atoms with Crippen LogP contribution >= 0.6 is 0 Å². The Bertz CT molecular complexity index is 1460. The van der Waals surface area contributed by atoms with Crippen molar-refractivity contribution in [3.05, 3.63) is 83.9 Å². The van der Waals surface area contributed by atoms with Gasteiger partial charge in [-0.25, -0.2) is 0 Å². The lowest BCUT2D eigenvalue weighted by molar-refractivity contribution is 0.0580. The van der Waals surface area contributed by atoms with Crippen molar-refractivity contribution in [2.24, 2.45) is 5.92 Å². The van der Waals surface area contributed by atoms with E-state index >= 15 is 0 Å². The van der Waals surface area contributed by atoms with Gasteiger partial charge in [-0.1, -0.05) is 69.5 Å². The minimum Gasteiger partial charge on any atom is -0.378 e. The van der Waals surface area contributed by atoms with Gasteiger partial charge in [-0.15, -0.1) is 0 Å². The molecule has 0 N–H and O–H groups in total. The van der Waals surface area contributed by atoms with Gasteiger partial charge in [-0.3, -0.25) is 14.5 Å². The molecule has 1 aliphatic heterocycles. The average Bonchev–Trinajstić information content (AvgIpc) is 2.99. The number of nitrogens with zero attached hydrogens (tertiary/aromatic N) is 3. The number of carbonyl (C=O) groups is 2. The van der Waals surface area contributed by atoms with Gasteiger partial charge in [0.2, 0.25) is 0 Å². The zero-order valence-corrected chi connectivity index (χ0v) is 25.2. The molecule has 5 rings (SSSR count). The van der Waals surface area contributed by atoms with Crippen LogP contribution in [0.15, 0.2) is 72.8 Å². The number of anilines is 2. The first-order chi connectivity index (χ1) is 19.7. The number of benzene rings is 4. The largest absolute Gasteiger partial charge is 0.378 e. The fourth-order valence-electron chi connectivity index (χ4n) is 5.94. The Morgan fingerprint density at radius 2 is 1.02 bits per heavy atom. The third-order valence-corrected chi connectivity index (χ3v) is 8.49. The van der Waals surface area contributed by atoms with Gasteiger partial charge in [0.1, 0.15) is 0 Å². The van der Waals surface area contributed by atoms with Gasteiger partial charge >= 0.3 is 0 Å². The molecule has 0 radical (unpaired) electrons. The van der Waals surface area contributed by atoms with E-state index in [4.69, 9.17) is 0 Å². The van der Waals surface area contributed by atoms with E-state index in [1.165, 1.54) is 4.90 Å². The van der Waals surface area contributed by atoms with Crippen molar-refractivity contribution in [1.29, 1.82) is 0 Å². The minimum atomic E-state index is -0.183. The highest BCUT2D eigenvalue weighted by molar-refractivity contribution is 6.28. The van der Waals surface area contributed by atoms with Crippen LogP contribution in [0.1, 0.15) is 60.2 Å². The van der Waals surface area contributed by atoms with Gasteiger partial charge in [-0.05, 0) is 76.4 Å². The molecule has 0 saturated carbocycles. The third kappa shape index (κ3) is 5.33. The third-order valence-electron chi connectivity index (χ3n) is 8.49. The van der Waals surface area contributed by atoms with E-state index in [9.17, 15) is 9.59 Å². The van der Waals surface area contributed by atoms with Crippen molar-refractivity contribution >= 4 is 34.0 Å². The van der Waals surface area contributed by atoms with Crippen LogP contribution < -0.4 is 9.80 Å². The fraction of sp³-hybridized carbons (Fsp3) is 0.333. The fourth-order valence-corrected chi connectivity index (χ4v) is 5.94. The predicted molar refractivity (Wildman–Crippen MR) is 172 cm³/mol. The molecule has 4 aromatic carbocycles. The van der Waals surface area contributed by atoms with Crippen LogP contribution in [0, 0.1) is 5.92 Å². The molecule has 1 aliphatic rings. The Labute approximate surface area is 244 Å². The summed E-state index contributed by atoms with van der Waals surface area (Å²) >= 11 is 0. The van der Waals surface area contributed by atoms with E-state index < -0.39 is 0 Å². The van der Waals surface area contributed by atoms with Crippen molar-refractivity contribution in [2.45, 2.75) is 39.5 Å². The van der Waals surface area contributed by atoms with Gasteiger partial charge in [0.15, 0.2) is 0 Å². The van der Waals surface area contributed by atoms with Crippen molar-refractivity contribution in [2.75, 3.05) is 44.5 Å². The Morgan fingerprint density at radius 3 is 1.41 bits per heavy atom. The molecule has 0 aliphatic carbocycles. The van der Waals surface area contributed by atoms with E-state index in [-0.39, 0.29) is 11.8 Å². The summed E-state index contributed by atoms with van der Waals surface area (Å²) in [4.78, 5) is 33.6. The quantitative estimate of drug-likeness (QED) is 0.188. The van der Waals surface area contributed by atoms with Gasteiger partial charge in [0, 0.05) is 62.6 Å².